The number of piperidine rings is 1. The lowest BCUT2D eigenvalue weighted by Gasteiger charge is -2.31. The third-order valence-electron chi connectivity index (χ3n) is 5.29. The minimum absolute atomic E-state index is 0.113. The average Bonchev–Trinajstić information content (AvgIpc) is 3.12. The molecule has 2 aromatic rings. The topological polar surface area (TPSA) is 89.7 Å². The smallest absolute Gasteiger partial charge is 0.453 e. The Bertz CT molecular complexity index is 957. The van der Waals surface area contributed by atoms with E-state index in [1.807, 2.05) is 0 Å². The number of carbonyl (C=O) groups is 2. The summed E-state index contributed by atoms with van der Waals surface area (Å²) in [5, 5.41) is 3.52. The molecule has 0 unspecified atom stereocenters. The van der Waals surface area contributed by atoms with E-state index in [9.17, 15) is 22.8 Å². The maximum absolute atomic E-state index is 12.9. The number of aryl methyl sites for hydroxylation is 2. The molecule has 8 nitrogen and oxygen atoms in total. The predicted octanol–water partition coefficient (Wildman–Crippen LogP) is 2.49. The molecular weight excluding hydrogens is 403 g/mol. The fourth-order valence-electron chi connectivity index (χ4n) is 3.74. The molecule has 0 aromatic carbocycles. The monoisotopic (exact) mass is 427 g/mol. The number of halogens is 3. The molecule has 1 fully saturated rings. The first kappa shape index (κ1) is 22.0. The molecule has 1 aliphatic rings. The van der Waals surface area contributed by atoms with Crippen molar-refractivity contribution in [3.05, 3.63) is 22.8 Å². The first-order valence-electron chi connectivity index (χ1n) is 9.86. The maximum Gasteiger partial charge on any atom is 0.453 e. The van der Waals surface area contributed by atoms with Crippen molar-refractivity contribution >= 4 is 17.7 Å². The highest BCUT2D eigenvalue weighted by Crippen LogP contribution is 2.27. The van der Waals surface area contributed by atoms with E-state index in [0.29, 0.717) is 49.5 Å². The summed E-state index contributed by atoms with van der Waals surface area (Å²) in [7, 11) is 0. The van der Waals surface area contributed by atoms with E-state index < -0.39 is 12.0 Å². The summed E-state index contributed by atoms with van der Waals surface area (Å²) in [4.78, 5) is 33.9. The molecule has 164 valence electrons. The second-order valence-electron chi connectivity index (χ2n) is 7.34. The Labute approximate surface area is 171 Å². The normalized spacial score (nSPS) is 17.4. The van der Waals surface area contributed by atoms with Gasteiger partial charge in [0.25, 0.3) is 11.6 Å². The minimum atomic E-state index is -4.66. The van der Waals surface area contributed by atoms with Gasteiger partial charge in [0.15, 0.2) is 0 Å². The number of carbonyl (C=O) groups excluding carboxylic acids is 2. The van der Waals surface area contributed by atoms with Crippen LogP contribution in [0.3, 0.4) is 0 Å². The summed E-state index contributed by atoms with van der Waals surface area (Å²) in [5.74, 6) is -2.09. The number of likely N-dealkylation sites (tertiary alicyclic amines) is 1. The highest BCUT2D eigenvalue weighted by molar-refractivity contribution is 5.78. The second kappa shape index (κ2) is 8.57. The van der Waals surface area contributed by atoms with Crippen LogP contribution in [0.25, 0.3) is 5.78 Å². The van der Waals surface area contributed by atoms with Crippen LogP contribution in [0.2, 0.25) is 0 Å². The number of aromatic nitrogens is 4. The van der Waals surface area contributed by atoms with Crippen LogP contribution in [0, 0.1) is 19.8 Å². The molecule has 0 aliphatic carbocycles. The first-order chi connectivity index (χ1) is 14.1. The zero-order valence-corrected chi connectivity index (χ0v) is 17.1. The fraction of sp³-hybridized carbons (Fsp3) is 0.632. The molecular formula is C19H24F3N5O3. The maximum atomic E-state index is 12.9. The van der Waals surface area contributed by atoms with Crippen molar-refractivity contribution in [1.82, 2.24) is 24.5 Å². The van der Waals surface area contributed by atoms with Crippen molar-refractivity contribution in [1.29, 1.82) is 0 Å². The van der Waals surface area contributed by atoms with Crippen LogP contribution < -0.4 is 0 Å². The molecule has 3 rings (SSSR count). The Morgan fingerprint density at radius 3 is 2.63 bits per heavy atom. The van der Waals surface area contributed by atoms with Gasteiger partial charge in [-0.25, -0.2) is 9.50 Å². The number of hydrogen-bond acceptors (Lipinski definition) is 6. The van der Waals surface area contributed by atoms with Crippen LogP contribution in [0.15, 0.2) is 0 Å². The van der Waals surface area contributed by atoms with Gasteiger partial charge in [-0.05, 0) is 45.6 Å². The predicted molar refractivity (Wildman–Crippen MR) is 99.5 cm³/mol. The van der Waals surface area contributed by atoms with Gasteiger partial charge in [-0.1, -0.05) is 0 Å². The van der Waals surface area contributed by atoms with Crippen molar-refractivity contribution in [3.63, 3.8) is 0 Å². The summed E-state index contributed by atoms with van der Waals surface area (Å²) in [6, 6.07) is 0. The van der Waals surface area contributed by atoms with Gasteiger partial charge in [0.2, 0.25) is 5.91 Å². The molecule has 0 N–H and O–H groups in total. The van der Waals surface area contributed by atoms with Crippen LogP contribution in [0.1, 0.15) is 49.0 Å². The first-order valence-corrected chi connectivity index (χ1v) is 9.86. The van der Waals surface area contributed by atoms with Crippen molar-refractivity contribution < 1.29 is 27.5 Å². The number of alkyl halides is 3. The van der Waals surface area contributed by atoms with Crippen molar-refractivity contribution in [2.24, 2.45) is 5.92 Å². The van der Waals surface area contributed by atoms with Gasteiger partial charge in [0, 0.05) is 30.9 Å². The standard InChI is InChI=1S/C19H24F3N5O3/c1-4-30-16(29)13-6-5-9-26(10-13)15(28)8-7-14-11(2)23-18-24-17(19(20,21)22)25-27(18)12(14)3/h13H,4-10H2,1-3H3/t13-/m1/s1. The van der Waals surface area contributed by atoms with E-state index >= 15 is 0 Å². The fourth-order valence-corrected chi connectivity index (χ4v) is 3.74. The lowest BCUT2D eigenvalue weighted by molar-refractivity contribution is -0.151. The molecule has 1 aliphatic heterocycles. The van der Waals surface area contributed by atoms with Gasteiger partial charge in [-0.15, -0.1) is 5.10 Å². The van der Waals surface area contributed by atoms with Crippen LogP contribution in [0.4, 0.5) is 13.2 Å². The van der Waals surface area contributed by atoms with E-state index in [1.54, 1.807) is 25.7 Å². The van der Waals surface area contributed by atoms with Crippen LogP contribution in [-0.4, -0.2) is 56.1 Å². The van der Waals surface area contributed by atoms with Gasteiger partial charge >= 0.3 is 12.1 Å². The van der Waals surface area contributed by atoms with E-state index in [4.69, 9.17) is 4.74 Å². The summed E-state index contributed by atoms with van der Waals surface area (Å²) in [5.41, 5.74) is 1.64. The molecule has 1 atom stereocenters. The molecule has 0 spiro atoms. The quantitative estimate of drug-likeness (QED) is 0.681. The number of nitrogens with zero attached hydrogens (tertiary/aromatic N) is 5. The summed E-state index contributed by atoms with van der Waals surface area (Å²) in [6.07, 6.45) is -2.78. The highest BCUT2D eigenvalue weighted by atomic mass is 19.4. The van der Waals surface area contributed by atoms with E-state index in [0.717, 1.165) is 10.9 Å². The highest BCUT2D eigenvalue weighted by Gasteiger charge is 2.37. The number of rotatable bonds is 5. The Morgan fingerprint density at radius 2 is 1.97 bits per heavy atom. The summed E-state index contributed by atoms with van der Waals surface area (Å²) < 4.78 is 44.8. The third-order valence-corrected chi connectivity index (χ3v) is 5.29. The van der Waals surface area contributed by atoms with E-state index in [-0.39, 0.29) is 30.0 Å². The molecule has 2 aromatic heterocycles. The molecule has 11 heteroatoms. The van der Waals surface area contributed by atoms with Crippen LogP contribution in [0.5, 0.6) is 0 Å². The Balaban J connectivity index is 1.72. The Kier molecular flexibility index (Phi) is 6.27. The number of ether oxygens (including phenoxy) is 1. The Hall–Kier alpha value is -2.72. The summed E-state index contributed by atoms with van der Waals surface area (Å²) >= 11 is 0. The van der Waals surface area contributed by atoms with Crippen LogP contribution >= 0.6 is 0 Å². The van der Waals surface area contributed by atoms with Gasteiger partial charge in [-0.2, -0.15) is 18.2 Å². The molecule has 3 heterocycles. The zero-order chi connectivity index (χ0) is 22.1. The van der Waals surface area contributed by atoms with E-state index in [1.165, 1.54) is 0 Å². The molecule has 1 saturated heterocycles. The van der Waals surface area contributed by atoms with Gasteiger partial charge in [0.05, 0.1) is 12.5 Å². The third kappa shape index (κ3) is 4.54. The molecule has 30 heavy (non-hydrogen) atoms. The van der Waals surface area contributed by atoms with Crippen LogP contribution in [-0.2, 0) is 26.9 Å². The summed E-state index contributed by atoms with van der Waals surface area (Å²) in [6.45, 7) is 6.25. The SMILES string of the molecule is CCOC(=O)[C@@H]1CCCN(C(=O)CCc2c(C)nc3nc(C(F)(F)F)nn3c2C)C1. The number of amides is 1. The number of hydrogen-bond donors (Lipinski definition) is 0. The van der Waals surface area contributed by atoms with Crippen molar-refractivity contribution in [2.75, 3.05) is 19.7 Å². The number of esters is 1. The Morgan fingerprint density at radius 1 is 1.23 bits per heavy atom. The minimum Gasteiger partial charge on any atom is -0.466 e. The largest absolute Gasteiger partial charge is 0.466 e. The molecule has 0 saturated carbocycles. The zero-order valence-electron chi connectivity index (χ0n) is 17.1. The average molecular weight is 427 g/mol. The van der Waals surface area contributed by atoms with Crippen molar-refractivity contribution in [2.45, 2.75) is 52.6 Å². The van der Waals surface area contributed by atoms with Gasteiger partial charge < -0.3 is 9.64 Å². The van der Waals surface area contributed by atoms with Crippen molar-refractivity contribution in [3.8, 4) is 0 Å². The van der Waals surface area contributed by atoms with Gasteiger partial charge in [0.1, 0.15) is 0 Å². The molecule has 1 amide bonds. The lowest BCUT2D eigenvalue weighted by atomic mass is 9.97. The number of fused-ring (bicyclic) bond motifs is 1. The second-order valence-corrected chi connectivity index (χ2v) is 7.34. The lowest BCUT2D eigenvalue weighted by Crippen LogP contribution is -2.42. The van der Waals surface area contributed by atoms with Gasteiger partial charge in [-0.3, -0.25) is 9.59 Å². The van der Waals surface area contributed by atoms with E-state index in [2.05, 4.69) is 15.1 Å². The molecule has 0 radical (unpaired) electrons. The molecule has 0 bridgehead atoms.